The van der Waals surface area contributed by atoms with Gasteiger partial charge in [-0.15, -0.1) is 0 Å². The highest BCUT2D eigenvalue weighted by molar-refractivity contribution is 7.89. The van der Waals surface area contributed by atoms with Crippen molar-refractivity contribution in [3.8, 4) is 5.75 Å². The predicted molar refractivity (Wildman–Crippen MR) is 124 cm³/mol. The molecule has 2 aromatic carbocycles. The first-order valence-electron chi connectivity index (χ1n) is 10.1. The fourth-order valence-corrected chi connectivity index (χ4v) is 5.35. The summed E-state index contributed by atoms with van der Waals surface area (Å²) in [5.74, 6) is -0.347. The van der Waals surface area contributed by atoms with Crippen molar-refractivity contribution in [2.45, 2.75) is 31.4 Å². The molecular weight excluding hydrogens is 452 g/mol. The van der Waals surface area contributed by atoms with Gasteiger partial charge in [0.25, 0.3) is 0 Å². The molecule has 3 aromatic rings. The fourth-order valence-electron chi connectivity index (χ4n) is 3.82. The molecule has 0 fully saturated rings. The first kappa shape index (κ1) is 22.4. The summed E-state index contributed by atoms with van der Waals surface area (Å²) in [5.41, 5.74) is 2.32. The summed E-state index contributed by atoms with van der Waals surface area (Å²) in [6, 6.07) is 11.6. The standard InChI is InChI=1S/C23H23ClN2O5S/c1-15(2)31-18-4-6-19(7-5-18)32(29,30)26-10-9-16(12-26)21-13-25(14-23(27)28)22-8-3-17(24)11-20(21)22/h3-9,11,13,15H,10,12,14H2,1-2H3,(H,27,28). The normalized spacial score (nSPS) is 14.8. The second-order valence-corrected chi connectivity index (χ2v) is 10.3. The average Bonchev–Trinajstić information content (AvgIpc) is 3.33. The van der Waals surface area contributed by atoms with Crippen LogP contribution in [-0.2, 0) is 21.4 Å². The van der Waals surface area contributed by atoms with E-state index in [1.807, 2.05) is 19.9 Å². The van der Waals surface area contributed by atoms with Gasteiger partial charge in [0.2, 0.25) is 10.0 Å². The summed E-state index contributed by atoms with van der Waals surface area (Å²) in [6.45, 7) is 4.03. The number of hydrogen-bond donors (Lipinski definition) is 1. The Bertz CT molecular complexity index is 1310. The zero-order valence-electron chi connectivity index (χ0n) is 17.7. The van der Waals surface area contributed by atoms with Gasteiger partial charge >= 0.3 is 5.97 Å². The number of aliphatic carboxylic acids is 1. The van der Waals surface area contributed by atoms with E-state index in [9.17, 15) is 18.3 Å². The van der Waals surface area contributed by atoms with Crippen molar-refractivity contribution >= 4 is 44.1 Å². The molecular formula is C23H23ClN2O5S. The van der Waals surface area contributed by atoms with Crippen LogP contribution in [-0.4, -0.2) is 47.6 Å². The van der Waals surface area contributed by atoms with Gasteiger partial charge < -0.3 is 14.4 Å². The number of carbonyl (C=O) groups is 1. The number of carboxylic acid groups (broad SMARTS) is 1. The molecule has 1 N–H and O–H groups in total. The van der Waals surface area contributed by atoms with E-state index in [2.05, 4.69) is 0 Å². The number of sulfonamides is 1. The molecule has 7 nitrogen and oxygen atoms in total. The van der Waals surface area contributed by atoms with Gasteiger partial charge in [0.15, 0.2) is 0 Å². The van der Waals surface area contributed by atoms with Crippen molar-refractivity contribution in [1.29, 1.82) is 0 Å². The van der Waals surface area contributed by atoms with Crippen LogP contribution in [0.1, 0.15) is 19.4 Å². The molecule has 1 aromatic heterocycles. The summed E-state index contributed by atoms with van der Waals surface area (Å²) >= 11 is 6.18. The summed E-state index contributed by atoms with van der Waals surface area (Å²) in [4.78, 5) is 11.5. The molecule has 2 heterocycles. The van der Waals surface area contributed by atoms with Crippen LogP contribution in [0.2, 0.25) is 5.02 Å². The van der Waals surface area contributed by atoms with E-state index in [1.165, 1.54) is 4.31 Å². The van der Waals surface area contributed by atoms with Gasteiger partial charge in [0.05, 0.1) is 11.0 Å². The van der Waals surface area contributed by atoms with Crippen molar-refractivity contribution in [3.05, 3.63) is 65.3 Å². The van der Waals surface area contributed by atoms with E-state index in [-0.39, 0.29) is 30.6 Å². The lowest BCUT2D eigenvalue weighted by atomic mass is 10.1. The first-order valence-corrected chi connectivity index (χ1v) is 11.9. The van der Waals surface area contributed by atoms with Crippen molar-refractivity contribution in [2.75, 3.05) is 13.1 Å². The van der Waals surface area contributed by atoms with Gasteiger partial charge in [0.1, 0.15) is 12.3 Å². The maximum atomic E-state index is 13.2. The molecule has 0 amide bonds. The number of ether oxygens (including phenoxy) is 1. The highest BCUT2D eigenvalue weighted by atomic mass is 35.5. The zero-order valence-corrected chi connectivity index (χ0v) is 19.2. The molecule has 0 bridgehead atoms. The van der Waals surface area contributed by atoms with Crippen LogP contribution < -0.4 is 4.74 Å². The molecule has 1 aliphatic rings. The van der Waals surface area contributed by atoms with Crippen molar-refractivity contribution in [1.82, 2.24) is 8.87 Å². The minimum absolute atomic E-state index is 0.000410. The molecule has 0 unspecified atom stereocenters. The minimum atomic E-state index is -3.70. The van der Waals surface area contributed by atoms with Crippen molar-refractivity contribution in [2.24, 2.45) is 0 Å². The Morgan fingerprint density at radius 3 is 2.56 bits per heavy atom. The van der Waals surface area contributed by atoms with E-state index >= 15 is 0 Å². The highest BCUT2D eigenvalue weighted by Gasteiger charge is 2.30. The fraction of sp³-hybridized carbons (Fsp3) is 0.261. The lowest BCUT2D eigenvalue weighted by Crippen LogP contribution is -2.29. The molecule has 0 saturated carbocycles. The van der Waals surface area contributed by atoms with Crippen LogP contribution in [0.25, 0.3) is 16.5 Å². The van der Waals surface area contributed by atoms with E-state index in [0.29, 0.717) is 10.8 Å². The number of aromatic nitrogens is 1. The monoisotopic (exact) mass is 474 g/mol. The van der Waals surface area contributed by atoms with E-state index in [1.54, 1.807) is 53.2 Å². The number of benzene rings is 2. The zero-order chi connectivity index (χ0) is 23.0. The predicted octanol–water partition coefficient (Wildman–Crippen LogP) is 4.25. The molecule has 4 rings (SSSR count). The number of rotatable bonds is 7. The van der Waals surface area contributed by atoms with Crippen LogP contribution in [0.15, 0.2) is 59.6 Å². The number of fused-ring (bicyclic) bond motifs is 1. The van der Waals surface area contributed by atoms with E-state index < -0.39 is 16.0 Å². The molecule has 0 atom stereocenters. The molecule has 0 aliphatic carbocycles. The van der Waals surface area contributed by atoms with Gasteiger partial charge in [0, 0.05) is 40.8 Å². The first-order chi connectivity index (χ1) is 15.1. The van der Waals surface area contributed by atoms with Crippen molar-refractivity contribution < 1.29 is 23.1 Å². The molecule has 9 heteroatoms. The lowest BCUT2D eigenvalue weighted by Gasteiger charge is -2.17. The largest absolute Gasteiger partial charge is 0.491 e. The Labute approximate surface area is 191 Å². The molecule has 0 radical (unpaired) electrons. The lowest BCUT2D eigenvalue weighted by molar-refractivity contribution is -0.137. The van der Waals surface area contributed by atoms with Crippen LogP contribution >= 0.6 is 11.6 Å². The molecule has 32 heavy (non-hydrogen) atoms. The molecule has 168 valence electrons. The summed E-state index contributed by atoms with van der Waals surface area (Å²) < 4.78 is 34.9. The minimum Gasteiger partial charge on any atom is -0.491 e. The maximum Gasteiger partial charge on any atom is 0.323 e. The van der Waals surface area contributed by atoms with E-state index in [4.69, 9.17) is 16.3 Å². The van der Waals surface area contributed by atoms with Gasteiger partial charge in [-0.25, -0.2) is 8.42 Å². The third-order valence-electron chi connectivity index (χ3n) is 5.22. The van der Waals surface area contributed by atoms with Crippen LogP contribution in [0.5, 0.6) is 5.75 Å². The molecule has 0 saturated heterocycles. The Hall–Kier alpha value is -2.81. The third kappa shape index (κ3) is 4.39. The number of halogens is 1. The van der Waals surface area contributed by atoms with Gasteiger partial charge in [-0.05, 0) is 61.9 Å². The quantitative estimate of drug-likeness (QED) is 0.552. The highest BCUT2D eigenvalue weighted by Crippen LogP contribution is 2.34. The SMILES string of the molecule is CC(C)Oc1ccc(S(=O)(=O)N2CC=C(c3cn(CC(=O)O)c4ccc(Cl)cc34)C2)cc1. The molecule has 0 spiro atoms. The van der Waals surface area contributed by atoms with Gasteiger partial charge in [-0.3, -0.25) is 4.79 Å². The third-order valence-corrected chi connectivity index (χ3v) is 7.28. The Morgan fingerprint density at radius 2 is 1.91 bits per heavy atom. The van der Waals surface area contributed by atoms with Crippen LogP contribution in [0.3, 0.4) is 0 Å². The summed E-state index contributed by atoms with van der Waals surface area (Å²) in [6.07, 6.45) is 3.60. The second-order valence-electron chi connectivity index (χ2n) is 7.89. The summed E-state index contributed by atoms with van der Waals surface area (Å²) in [5, 5.41) is 10.6. The van der Waals surface area contributed by atoms with Gasteiger partial charge in [-0.1, -0.05) is 17.7 Å². The number of nitrogens with zero attached hydrogens (tertiary/aromatic N) is 2. The second kappa shape index (κ2) is 8.61. The van der Waals surface area contributed by atoms with Crippen LogP contribution in [0, 0.1) is 0 Å². The smallest absolute Gasteiger partial charge is 0.323 e. The van der Waals surface area contributed by atoms with Gasteiger partial charge in [-0.2, -0.15) is 4.31 Å². The number of carboxylic acids is 1. The average molecular weight is 475 g/mol. The van der Waals surface area contributed by atoms with Crippen LogP contribution in [0.4, 0.5) is 0 Å². The maximum absolute atomic E-state index is 13.2. The Kier molecular flexibility index (Phi) is 6.03. The van der Waals surface area contributed by atoms with E-state index in [0.717, 1.165) is 22.0 Å². The Balaban J connectivity index is 1.61. The number of hydrogen-bond acceptors (Lipinski definition) is 4. The summed E-state index contributed by atoms with van der Waals surface area (Å²) in [7, 11) is -3.70. The Morgan fingerprint density at radius 1 is 1.19 bits per heavy atom. The molecule has 1 aliphatic heterocycles. The topological polar surface area (TPSA) is 88.8 Å². The van der Waals surface area contributed by atoms with Crippen molar-refractivity contribution in [3.63, 3.8) is 0 Å².